The smallest absolute Gasteiger partial charge is 0.336 e. The zero-order valence-electron chi connectivity index (χ0n) is 16.3. The predicted molar refractivity (Wildman–Crippen MR) is 111 cm³/mol. The van der Waals surface area contributed by atoms with Crippen molar-refractivity contribution in [3.63, 3.8) is 0 Å². The Balaban J connectivity index is 1.30. The maximum atomic E-state index is 12.4. The van der Waals surface area contributed by atoms with E-state index in [2.05, 4.69) is 29.3 Å². The van der Waals surface area contributed by atoms with Gasteiger partial charge in [0.1, 0.15) is 11.3 Å². The van der Waals surface area contributed by atoms with Crippen LogP contribution < -0.4 is 15.7 Å². The maximum Gasteiger partial charge on any atom is 0.336 e. The van der Waals surface area contributed by atoms with Gasteiger partial charge in [0.05, 0.1) is 0 Å². The Morgan fingerprint density at radius 1 is 1.14 bits per heavy atom. The lowest BCUT2D eigenvalue weighted by Gasteiger charge is -2.17. The van der Waals surface area contributed by atoms with Crippen molar-refractivity contribution >= 4 is 16.9 Å². The second kappa shape index (κ2) is 8.49. The zero-order valence-corrected chi connectivity index (χ0v) is 16.3. The molecule has 1 aromatic heterocycles. The number of amides is 1. The molecule has 3 aromatic rings. The average molecular weight is 392 g/mol. The Morgan fingerprint density at radius 2 is 1.93 bits per heavy atom. The number of benzene rings is 2. The summed E-state index contributed by atoms with van der Waals surface area (Å²) in [4.78, 5) is 26.1. The normalized spacial score (nSPS) is 19.3. The minimum atomic E-state index is -0.414. The van der Waals surface area contributed by atoms with Gasteiger partial charge in [-0.3, -0.25) is 9.69 Å². The second-order valence-electron chi connectivity index (χ2n) is 7.57. The molecule has 1 amide bonds. The van der Waals surface area contributed by atoms with E-state index in [9.17, 15) is 9.59 Å². The molecule has 1 fully saturated rings. The van der Waals surface area contributed by atoms with E-state index in [-0.39, 0.29) is 18.6 Å². The van der Waals surface area contributed by atoms with E-state index in [1.165, 1.54) is 11.6 Å². The molecular weight excluding hydrogens is 368 g/mol. The van der Waals surface area contributed by atoms with Crippen LogP contribution in [0.25, 0.3) is 11.0 Å². The first-order valence-electron chi connectivity index (χ1n) is 9.79. The van der Waals surface area contributed by atoms with Crippen LogP contribution in [-0.4, -0.2) is 36.5 Å². The first-order valence-corrected chi connectivity index (χ1v) is 9.79. The van der Waals surface area contributed by atoms with E-state index in [1.54, 1.807) is 24.3 Å². The van der Waals surface area contributed by atoms with Gasteiger partial charge >= 0.3 is 5.63 Å². The molecule has 29 heavy (non-hydrogen) atoms. The summed E-state index contributed by atoms with van der Waals surface area (Å²) in [6.45, 7) is 4.73. The first-order chi connectivity index (χ1) is 14.1. The third kappa shape index (κ3) is 4.84. The molecule has 1 aliphatic rings. The van der Waals surface area contributed by atoms with Crippen molar-refractivity contribution < 1.29 is 13.9 Å². The van der Waals surface area contributed by atoms with Crippen LogP contribution in [0.15, 0.2) is 69.9 Å². The first kappa shape index (κ1) is 19.2. The molecule has 2 atom stereocenters. The van der Waals surface area contributed by atoms with E-state index in [4.69, 9.17) is 9.15 Å². The highest BCUT2D eigenvalue weighted by atomic mass is 16.5. The fourth-order valence-electron chi connectivity index (χ4n) is 3.75. The van der Waals surface area contributed by atoms with Crippen LogP contribution in [0.4, 0.5) is 0 Å². The number of hydrogen-bond donors (Lipinski definition) is 1. The third-order valence-corrected chi connectivity index (χ3v) is 5.25. The monoisotopic (exact) mass is 392 g/mol. The van der Waals surface area contributed by atoms with Crippen LogP contribution in [0.5, 0.6) is 5.75 Å². The van der Waals surface area contributed by atoms with Crippen molar-refractivity contribution in [3.05, 3.63) is 76.6 Å². The summed E-state index contributed by atoms with van der Waals surface area (Å²) in [5.41, 5.74) is 1.30. The highest BCUT2D eigenvalue weighted by Gasteiger charge is 2.30. The van der Waals surface area contributed by atoms with E-state index in [0.29, 0.717) is 17.3 Å². The Labute approximate surface area is 169 Å². The van der Waals surface area contributed by atoms with Crippen molar-refractivity contribution in [2.75, 3.05) is 19.7 Å². The second-order valence-corrected chi connectivity index (χ2v) is 7.57. The minimum absolute atomic E-state index is 0.0789. The molecule has 0 aliphatic carbocycles. The molecule has 6 heteroatoms. The Kier molecular flexibility index (Phi) is 5.62. The largest absolute Gasteiger partial charge is 0.484 e. The van der Waals surface area contributed by atoms with Gasteiger partial charge in [0.15, 0.2) is 6.61 Å². The van der Waals surface area contributed by atoms with Gasteiger partial charge in [-0.2, -0.15) is 0 Å². The van der Waals surface area contributed by atoms with E-state index >= 15 is 0 Å². The Bertz CT molecular complexity index is 1050. The van der Waals surface area contributed by atoms with Crippen LogP contribution in [0.3, 0.4) is 0 Å². The van der Waals surface area contributed by atoms with Gasteiger partial charge in [-0.05, 0) is 29.7 Å². The van der Waals surface area contributed by atoms with Crippen LogP contribution in [0.2, 0.25) is 0 Å². The third-order valence-electron chi connectivity index (χ3n) is 5.25. The lowest BCUT2D eigenvalue weighted by molar-refractivity contribution is -0.123. The number of fused-ring (bicyclic) bond motifs is 1. The summed E-state index contributed by atoms with van der Waals surface area (Å²) in [5.74, 6) is 0.711. The molecule has 6 nitrogen and oxygen atoms in total. The van der Waals surface area contributed by atoms with Crippen molar-refractivity contribution in [2.24, 2.45) is 5.92 Å². The van der Waals surface area contributed by atoms with Crippen molar-refractivity contribution in [2.45, 2.75) is 19.5 Å². The Hall–Kier alpha value is -3.12. The molecule has 1 N–H and O–H groups in total. The average Bonchev–Trinajstić information content (AvgIpc) is 3.05. The summed E-state index contributed by atoms with van der Waals surface area (Å²) >= 11 is 0. The number of rotatable bonds is 6. The number of carbonyl (C=O) groups excluding carboxylic acids is 1. The fourth-order valence-corrected chi connectivity index (χ4v) is 3.75. The van der Waals surface area contributed by atoms with E-state index < -0.39 is 5.63 Å². The number of hydrogen-bond acceptors (Lipinski definition) is 5. The minimum Gasteiger partial charge on any atom is -0.484 e. The molecule has 0 radical (unpaired) electrons. The van der Waals surface area contributed by atoms with Gasteiger partial charge in [-0.25, -0.2) is 4.79 Å². The van der Waals surface area contributed by atoms with Crippen molar-refractivity contribution in [1.82, 2.24) is 10.2 Å². The van der Waals surface area contributed by atoms with Crippen LogP contribution >= 0.6 is 0 Å². The van der Waals surface area contributed by atoms with Crippen molar-refractivity contribution in [1.29, 1.82) is 0 Å². The quantitative estimate of drug-likeness (QED) is 0.653. The van der Waals surface area contributed by atoms with E-state index in [1.807, 2.05) is 18.2 Å². The van der Waals surface area contributed by atoms with Crippen LogP contribution in [0, 0.1) is 5.92 Å². The molecule has 2 heterocycles. The maximum absolute atomic E-state index is 12.4. The van der Waals surface area contributed by atoms with E-state index in [0.717, 1.165) is 25.0 Å². The molecule has 1 aliphatic heterocycles. The fraction of sp³-hybridized carbons (Fsp3) is 0.304. The van der Waals surface area contributed by atoms with Crippen LogP contribution in [0.1, 0.15) is 12.5 Å². The molecule has 150 valence electrons. The number of nitrogens with zero attached hydrogens (tertiary/aromatic N) is 1. The summed E-state index contributed by atoms with van der Waals surface area (Å²) in [5, 5.41) is 3.89. The molecule has 2 aromatic carbocycles. The summed E-state index contributed by atoms with van der Waals surface area (Å²) in [6, 6.07) is 18.7. The Morgan fingerprint density at radius 3 is 2.76 bits per heavy atom. The number of ether oxygens (including phenoxy) is 1. The number of likely N-dealkylation sites (tertiary alicyclic amines) is 1. The summed E-state index contributed by atoms with van der Waals surface area (Å²) in [6.07, 6.45) is 0. The summed E-state index contributed by atoms with van der Waals surface area (Å²) < 4.78 is 10.7. The number of carbonyl (C=O) groups is 1. The highest BCUT2D eigenvalue weighted by Crippen LogP contribution is 2.20. The molecule has 0 unspecified atom stereocenters. The predicted octanol–water partition coefficient (Wildman–Crippen LogP) is 2.81. The standard InChI is InChI=1S/C23H24N2O4/c1-16-12-25(13-17-5-3-2-4-6-17)14-20(16)24-22(26)15-28-19-9-7-18-8-10-23(27)29-21(18)11-19/h2-11,16,20H,12-15H2,1H3,(H,24,26)/t16-,20+/m0/s1. The van der Waals surface area contributed by atoms with Crippen LogP contribution in [-0.2, 0) is 11.3 Å². The topological polar surface area (TPSA) is 71.8 Å². The molecular formula is C23H24N2O4. The molecule has 1 saturated heterocycles. The molecule has 4 rings (SSSR count). The van der Waals surface area contributed by atoms with Gasteiger partial charge < -0.3 is 14.5 Å². The SMILES string of the molecule is C[C@H]1CN(Cc2ccccc2)C[C@H]1NC(=O)COc1ccc2ccc(=O)oc2c1. The van der Waals surface area contributed by atoms with Gasteiger partial charge in [-0.1, -0.05) is 37.3 Å². The lowest BCUT2D eigenvalue weighted by atomic mass is 10.1. The molecule has 0 saturated carbocycles. The zero-order chi connectivity index (χ0) is 20.2. The molecule has 0 bridgehead atoms. The van der Waals surface area contributed by atoms with Gasteiger partial charge in [0, 0.05) is 43.2 Å². The van der Waals surface area contributed by atoms with Gasteiger partial charge in [0.2, 0.25) is 0 Å². The highest BCUT2D eigenvalue weighted by molar-refractivity contribution is 5.79. The summed E-state index contributed by atoms with van der Waals surface area (Å²) in [7, 11) is 0. The van der Waals surface area contributed by atoms with Gasteiger partial charge in [0.25, 0.3) is 5.91 Å². The molecule has 0 spiro atoms. The van der Waals surface area contributed by atoms with Crippen molar-refractivity contribution in [3.8, 4) is 5.75 Å². The number of nitrogens with one attached hydrogen (secondary N) is 1. The van der Waals surface area contributed by atoms with Gasteiger partial charge in [-0.15, -0.1) is 0 Å². The lowest BCUT2D eigenvalue weighted by Crippen LogP contribution is -2.42.